The van der Waals surface area contributed by atoms with Crippen LogP contribution in [-0.4, -0.2) is 22.5 Å². The molecule has 6 heteroatoms. The number of amides is 1. The fourth-order valence-electron chi connectivity index (χ4n) is 1.88. The number of nitrogens with one attached hydrogen (secondary N) is 1. The number of hydrogen-bond acceptors (Lipinski definition) is 5. The van der Waals surface area contributed by atoms with Gasteiger partial charge in [0.15, 0.2) is 6.61 Å². The second-order valence-electron chi connectivity index (χ2n) is 4.34. The molecule has 0 aliphatic carbocycles. The van der Waals surface area contributed by atoms with Crippen LogP contribution in [0.2, 0.25) is 0 Å². The predicted molar refractivity (Wildman–Crippen MR) is 81.2 cm³/mol. The van der Waals surface area contributed by atoms with Crippen molar-refractivity contribution in [2.24, 2.45) is 0 Å². The van der Waals surface area contributed by atoms with E-state index in [0.717, 1.165) is 15.8 Å². The van der Waals surface area contributed by atoms with E-state index < -0.39 is 0 Å². The van der Waals surface area contributed by atoms with Crippen molar-refractivity contribution in [2.75, 3.05) is 6.61 Å². The fraction of sp³-hybridized carbons (Fsp3) is 0.133. The number of fused-ring (bicyclic) bond motifs is 1. The summed E-state index contributed by atoms with van der Waals surface area (Å²) < 4.78 is 5.49. The quantitative estimate of drug-likeness (QED) is 0.785. The summed E-state index contributed by atoms with van der Waals surface area (Å²) in [5.41, 5.74) is 0.793. The number of para-hydroxylation sites is 1. The van der Waals surface area contributed by atoms with Crippen LogP contribution in [0.1, 0.15) is 4.88 Å². The number of hydrogen-bond donors (Lipinski definition) is 1. The summed E-state index contributed by atoms with van der Waals surface area (Å²) in [6.07, 6.45) is 1.43. The molecule has 1 aromatic carbocycles. The Bertz CT molecular complexity index is 738. The van der Waals surface area contributed by atoms with Crippen molar-refractivity contribution in [3.8, 4) is 5.88 Å². The van der Waals surface area contributed by atoms with E-state index in [1.807, 2.05) is 41.8 Å². The molecule has 1 amide bonds. The van der Waals surface area contributed by atoms with E-state index in [1.54, 1.807) is 11.3 Å². The van der Waals surface area contributed by atoms with Gasteiger partial charge in [-0.2, -0.15) is 0 Å². The average molecular weight is 299 g/mol. The topological polar surface area (TPSA) is 64.1 Å². The number of rotatable bonds is 5. The lowest BCUT2D eigenvalue weighted by Gasteiger charge is -2.07. The number of aromatic nitrogens is 2. The lowest BCUT2D eigenvalue weighted by Crippen LogP contribution is -2.28. The first-order chi connectivity index (χ1) is 10.3. The van der Waals surface area contributed by atoms with Crippen LogP contribution in [0.15, 0.2) is 48.1 Å². The molecular weight excluding hydrogens is 286 g/mol. The molecule has 0 bridgehead atoms. The molecule has 0 unspecified atom stereocenters. The van der Waals surface area contributed by atoms with Gasteiger partial charge in [0.1, 0.15) is 6.33 Å². The molecule has 0 saturated heterocycles. The summed E-state index contributed by atoms with van der Waals surface area (Å²) in [6, 6.07) is 11.5. The Kier molecular flexibility index (Phi) is 4.07. The third-order valence-corrected chi connectivity index (χ3v) is 3.76. The Morgan fingerprint density at radius 1 is 1.19 bits per heavy atom. The van der Waals surface area contributed by atoms with Gasteiger partial charge in [0.2, 0.25) is 5.88 Å². The summed E-state index contributed by atoms with van der Waals surface area (Å²) in [6.45, 7) is 0.455. The van der Waals surface area contributed by atoms with E-state index in [2.05, 4.69) is 15.3 Å². The largest absolute Gasteiger partial charge is 0.467 e. The second kappa shape index (κ2) is 6.32. The van der Waals surface area contributed by atoms with Crippen LogP contribution < -0.4 is 10.1 Å². The number of carbonyl (C=O) groups is 1. The van der Waals surface area contributed by atoms with Crippen LogP contribution >= 0.6 is 11.3 Å². The van der Waals surface area contributed by atoms with Crippen LogP contribution in [-0.2, 0) is 11.3 Å². The zero-order chi connectivity index (χ0) is 14.5. The van der Waals surface area contributed by atoms with Crippen LogP contribution in [0.3, 0.4) is 0 Å². The first kappa shape index (κ1) is 13.5. The highest BCUT2D eigenvalue weighted by molar-refractivity contribution is 7.09. The molecule has 3 aromatic rings. The lowest BCUT2D eigenvalue weighted by atomic mass is 10.2. The van der Waals surface area contributed by atoms with Gasteiger partial charge in [-0.1, -0.05) is 18.2 Å². The lowest BCUT2D eigenvalue weighted by molar-refractivity contribution is -0.123. The van der Waals surface area contributed by atoms with Crippen molar-refractivity contribution in [2.45, 2.75) is 6.54 Å². The molecule has 1 N–H and O–H groups in total. The van der Waals surface area contributed by atoms with E-state index in [0.29, 0.717) is 12.4 Å². The zero-order valence-electron chi connectivity index (χ0n) is 11.2. The van der Waals surface area contributed by atoms with Gasteiger partial charge >= 0.3 is 0 Å². The van der Waals surface area contributed by atoms with Gasteiger partial charge in [-0.05, 0) is 23.6 Å². The van der Waals surface area contributed by atoms with Crippen LogP contribution in [0, 0.1) is 0 Å². The minimum atomic E-state index is -0.175. The summed E-state index contributed by atoms with van der Waals surface area (Å²) in [7, 11) is 0. The average Bonchev–Trinajstić information content (AvgIpc) is 3.04. The summed E-state index contributed by atoms with van der Waals surface area (Å²) >= 11 is 1.61. The molecule has 106 valence electrons. The SMILES string of the molecule is O=C(COc1ncnc2ccccc12)NCc1cccs1. The molecule has 0 aliphatic heterocycles. The minimum Gasteiger partial charge on any atom is -0.467 e. The number of nitrogens with zero attached hydrogens (tertiary/aromatic N) is 2. The van der Waals surface area contributed by atoms with Crippen molar-refractivity contribution in [3.63, 3.8) is 0 Å². The third kappa shape index (κ3) is 3.35. The van der Waals surface area contributed by atoms with E-state index in [-0.39, 0.29) is 12.5 Å². The number of carbonyl (C=O) groups excluding carboxylic acids is 1. The highest BCUT2D eigenvalue weighted by Crippen LogP contribution is 2.20. The number of benzene rings is 1. The van der Waals surface area contributed by atoms with E-state index in [4.69, 9.17) is 4.74 Å². The summed E-state index contributed by atoms with van der Waals surface area (Å²) in [5.74, 6) is 0.248. The monoisotopic (exact) mass is 299 g/mol. The maximum absolute atomic E-state index is 11.8. The standard InChI is InChI=1S/C15H13N3O2S/c19-14(16-8-11-4-3-7-21-11)9-20-15-12-5-1-2-6-13(12)17-10-18-15/h1-7,10H,8-9H2,(H,16,19). The van der Waals surface area contributed by atoms with Gasteiger partial charge in [-0.25, -0.2) is 9.97 Å². The molecular formula is C15H13N3O2S. The van der Waals surface area contributed by atoms with Crippen molar-refractivity contribution >= 4 is 28.1 Å². The van der Waals surface area contributed by atoms with Crippen molar-refractivity contribution < 1.29 is 9.53 Å². The Hall–Kier alpha value is -2.47. The predicted octanol–water partition coefficient (Wildman–Crippen LogP) is 2.39. The number of ether oxygens (including phenoxy) is 1. The van der Waals surface area contributed by atoms with Crippen LogP contribution in [0.25, 0.3) is 10.9 Å². The van der Waals surface area contributed by atoms with Gasteiger partial charge in [-0.15, -0.1) is 11.3 Å². The van der Waals surface area contributed by atoms with E-state index in [1.165, 1.54) is 6.33 Å². The summed E-state index contributed by atoms with van der Waals surface area (Å²) in [5, 5.41) is 5.58. The molecule has 0 atom stereocenters. The maximum atomic E-state index is 11.8. The van der Waals surface area contributed by atoms with Gasteiger partial charge < -0.3 is 10.1 Å². The Labute approximate surface area is 125 Å². The summed E-state index contributed by atoms with van der Waals surface area (Å²) in [4.78, 5) is 21.1. The molecule has 0 radical (unpaired) electrons. The minimum absolute atomic E-state index is 0.0631. The Morgan fingerprint density at radius 3 is 2.95 bits per heavy atom. The highest BCUT2D eigenvalue weighted by atomic mass is 32.1. The molecule has 0 fully saturated rings. The molecule has 3 rings (SSSR count). The first-order valence-electron chi connectivity index (χ1n) is 6.44. The van der Waals surface area contributed by atoms with Crippen LogP contribution in [0.5, 0.6) is 5.88 Å². The normalized spacial score (nSPS) is 10.5. The Balaban J connectivity index is 1.60. The molecule has 0 saturated carbocycles. The van der Waals surface area contributed by atoms with E-state index >= 15 is 0 Å². The van der Waals surface area contributed by atoms with Crippen molar-refractivity contribution in [1.29, 1.82) is 0 Å². The van der Waals surface area contributed by atoms with Gasteiger partial charge in [0, 0.05) is 4.88 Å². The smallest absolute Gasteiger partial charge is 0.258 e. The van der Waals surface area contributed by atoms with Gasteiger partial charge in [-0.3, -0.25) is 4.79 Å². The van der Waals surface area contributed by atoms with Crippen molar-refractivity contribution in [1.82, 2.24) is 15.3 Å². The van der Waals surface area contributed by atoms with Gasteiger partial charge in [0.25, 0.3) is 5.91 Å². The van der Waals surface area contributed by atoms with Gasteiger partial charge in [0.05, 0.1) is 17.4 Å². The third-order valence-electron chi connectivity index (χ3n) is 2.89. The van der Waals surface area contributed by atoms with Crippen LogP contribution in [0.4, 0.5) is 0 Å². The molecule has 0 spiro atoms. The Morgan fingerprint density at radius 2 is 2.10 bits per heavy atom. The second-order valence-corrected chi connectivity index (χ2v) is 5.37. The molecule has 2 aromatic heterocycles. The van der Waals surface area contributed by atoms with Crippen molar-refractivity contribution in [3.05, 3.63) is 53.0 Å². The first-order valence-corrected chi connectivity index (χ1v) is 7.32. The fourth-order valence-corrected chi connectivity index (χ4v) is 2.52. The zero-order valence-corrected chi connectivity index (χ0v) is 12.0. The molecule has 21 heavy (non-hydrogen) atoms. The molecule has 0 aliphatic rings. The molecule has 5 nitrogen and oxygen atoms in total. The number of thiophene rings is 1. The molecule has 2 heterocycles. The highest BCUT2D eigenvalue weighted by Gasteiger charge is 2.07. The van der Waals surface area contributed by atoms with E-state index in [9.17, 15) is 4.79 Å². The maximum Gasteiger partial charge on any atom is 0.258 e.